The molecule has 0 aliphatic carbocycles. The van der Waals surface area contributed by atoms with Crippen molar-refractivity contribution >= 4 is 35.1 Å². The maximum absolute atomic E-state index is 13.5. The van der Waals surface area contributed by atoms with Crippen LogP contribution in [0.3, 0.4) is 0 Å². The number of rotatable bonds is 10. The first-order chi connectivity index (χ1) is 25.6. The number of ether oxygens (including phenoxy) is 4. The van der Waals surface area contributed by atoms with Gasteiger partial charge in [0, 0.05) is 24.9 Å². The summed E-state index contributed by atoms with van der Waals surface area (Å²) in [5.41, 5.74) is 9.06. The molecule has 272 valence electrons. The van der Waals surface area contributed by atoms with Gasteiger partial charge in [-0.25, -0.2) is 4.79 Å². The van der Waals surface area contributed by atoms with Crippen molar-refractivity contribution in [1.82, 2.24) is 15.6 Å². The minimum atomic E-state index is -0.841. The van der Waals surface area contributed by atoms with E-state index in [1.165, 1.54) is 7.11 Å². The molecular formula is C42H39Cl2N3O6. The Morgan fingerprint density at radius 1 is 0.925 bits per heavy atom. The Hall–Kier alpha value is -5.09. The molecule has 0 fully saturated rings. The first-order valence-corrected chi connectivity index (χ1v) is 18.2. The third kappa shape index (κ3) is 8.28. The van der Waals surface area contributed by atoms with Crippen LogP contribution in [-0.2, 0) is 40.3 Å². The Kier molecular flexibility index (Phi) is 10.9. The first-order valence-electron chi connectivity index (χ1n) is 17.4. The summed E-state index contributed by atoms with van der Waals surface area (Å²) in [6.07, 6.45) is 2.23. The molecule has 53 heavy (non-hydrogen) atoms. The number of aryl methyl sites for hydroxylation is 1. The molecule has 1 aromatic heterocycles. The number of aromatic nitrogens is 1. The highest BCUT2D eigenvalue weighted by Crippen LogP contribution is 2.40. The maximum atomic E-state index is 13.5. The van der Waals surface area contributed by atoms with Crippen LogP contribution in [0.4, 0.5) is 0 Å². The number of hydrogen-bond acceptors (Lipinski definition) is 8. The Morgan fingerprint density at radius 3 is 2.43 bits per heavy atom. The van der Waals surface area contributed by atoms with Crippen LogP contribution in [0.5, 0.6) is 17.2 Å². The van der Waals surface area contributed by atoms with E-state index in [1.807, 2.05) is 79.7 Å². The van der Waals surface area contributed by atoms with Crippen molar-refractivity contribution in [2.75, 3.05) is 13.7 Å². The Labute approximate surface area is 318 Å². The summed E-state index contributed by atoms with van der Waals surface area (Å²) < 4.78 is 23.6. The lowest BCUT2D eigenvalue weighted by molar-refractivity contribution is -0.145. The monoisotopic (exact) mass is 751 g/mol. The molecule has 11 heteroatoms. The summed E-state index contributed by atoms with van der Waals surface area (Å²) in [6, 6.07) is 25.7. The van der Waals surface area contributed by atoms with E-state index in [9.17, 15) is 9.59 Å². The van der Waals surface area contributed by atoms with E-state index < -0.39 is 18.1 Å². The highest BCUT2D eigenvalue weighted by Gasteiger charge is 2.31. The van der Waals surface area contributed by atoms with Crippen LogP contribution in [0, 0.1) is 13.8 Å². The molecule has 3 atom stereocenters. The molecule has 2 N–H and O–H groups in total. The average molecular weight is 753 g/mol. The van der Waals surface area contributed by atoms with Crippen molar-refractivity contribution in [3.8, 4) is 28.4 Å². The molecule has 2 aliphatic rings. The second-order valence-corrected chi connectivity index (χ2v) is 14.1. The van der Waals surface area contributed by atoms with Crippen LogP contribution in [0.2, 0.25) is 10.0 Å². The van der Waals surface area contributed by atoms with Crippen LogP contribution in [0.25, 0.3) is 11.1 Å². The molecule has 0 saturated heterocycles. The highest BCUT2D eigenvalue weighted by atomic mass is 35.5. The fourth-order valence-corrected chi connectivity index (χ4v) is 6.94. The van der Waals surface area contributed by atoms with Crippen LogP contribution in [-0.4, -0.2) is 42.7 Å². The molecule has 4 aromatic carbocycles. The van der Waals surface area contributed by atoms with Gasteiger partial charge in [-0.05, 0) is 107 Å². The second kappa shape index (κ2) is 15.9. The summed E-state index contributed by atoms with van der Waals surface area (Å²) in [5, 5.41) is 7.26. The third-order valence-electron chi connectivity index (χ3n) is 9.81. The number of fused-ring (bicyclic) bond motifs is 2. The molecule has 0 bridgehead atoms. The van der Waals surface area contributed by atoms with E-state index in [4.69, 9.17) is 42.1 Å². The lowest BCUT2D eigenvalue weighted by Gasteiger charge is -2.31. The largest absolute Gasteiger partial charge is 0.489 e. The van der Waals surface area contributed by atoms with Gasteiger partial charge in [0.05, 0.1) is 23.2 Å². The number of hydrogen-bond donors (Lipinski definition) is 2. The van der Waals surface area contributed by atoms with Crippen LogP contribution < -0.4 is 24.8 Å². The molecule has 7 rings (SSSR count). The van der Waals surface area contributed by atoms with Gasteiger partial charge in [0.25, 0.3) is 0 Å². The molecule has 1 unspecified atom stereocenters. The SMILES string of the molecule is COC(=O)[C@H](Cc1ccc(-c2ccnc(C)c2C)cc1)NC(=O)[C@@H]1Cc2cc3c(cc2CN1)OC(c1ccc(OCc2ccc(Cl)c(Cl)c2)cc1)CO3. The summed E-state index contributed by atoms with van der Waals surface area (Å²) in [5.74, 6) is 1.23. The molecular weight excluding hydrogens is 713 g/mol. The molecule has 9 nitrogen and oxygen atoms in total. The van der Waals surface area contributed by atoms with E-state index in [2.05, 4.69) is 22.5 Å². The van der Waals surface area contributed by atoms with Crippen molar-refractivity contribution in [3.05, 3.63) is 140 Å². The molecule has 3 heterocycles. The van der Waals surface area contributed by atoms with E-state index in [1.54, 1.807) is 18.3 Å². The molecule has 5 aromatic rings. The van der Waals surface area contributed by atoms with E-state index in [0.717, 1.165) is 50.2 Å². The van der Waals surface area contributed by atoms with Crippen LogP contribution >= 0.6 is 23.2 Å². The predicted molar refractivity (Wildman–Crippen MR) is 204 cm³/mol. The van der Waals surface area contributed by atoms with E-state index >= 15 is 0 Å². The topological polar surface area (TPSA) is 108 Å². The Balaban J connectivity index is 0.956. The van der Waals surface area contributed by atoms with Gasteiger partial charge in [0.1, 0.15) is 25.0 Å². The zero-order chi connectivity index (χ0) is 37.1. The average Bonchev–Trinajstić information content (AvgIpc) is 3.18. The van der Waals surface area contributed by atoms with E-state index in [0.29, 0.717) is 59.9 Å². The number of carbonyl (C=O) groups is 2. The molecule has 0 spiro atoms. The van der Waals surface area contributed by atoms with Gasteiger partial charge in [-0.3, -0.25) is 9.78 Å². The number of nitrogens with one attached hydrogen (secondary N) is 2. The quantitative estimate of drug-likeness (QED) is 0.140. The number of carbonyl (C=O) groups excluding carboxylic acids is 2. The van der Waals surface area contributed by atoms with Crippen LogP contribution in [0.15, 0.2) is 91.1 Å². The molecule has 0 radical (unpaired) electrons. The Morgan fingerprint density at radius 2 is 1.68 bits per heavy atom. The van der Waals surface area contributed by atoms with Gasteiger partial charge in [-0.2, -0.15) is 0 Å². The van der Waals surface area contributed by atoms with Gasteiger partial charge < -0.3 is 29.6 Å². The number of halogens is 2. The maximum Gasteiger partial charge on any atom is 0.328 e. The van der Waals surface area contributed by atoms with Gasteiger partial charge in [0.15, 0.2) is 17.6 Å². The molecule has 1 amide bonds. The van der Waals surface area contributed by atoms with Crippen LogP contribution in [0.1, 0.15) is 45.2 Å². The second-order valence-electron chi connectivity index (χ2n) is 13.3. The van der Waals surface area contributed by atoms with Crippen molar-refractivity contribution in [1.29, 1.82) is 0 Å². The predicted octanol–water partition coefficient (Wildman–Crippen LogP) is 7.68. The fraction of sp³-hybridized carbons (Fsp3) is 0.262. The lowest BCUT2D eigenvalue weighted by atomic mass is 9.94. The van der Waals surface area contributed by atoms with Gasteiger partial charge >= 0.3 is 5.97 Å². The number of amides is 1. The summed E-state index contributed by atoms with van der Waals surface area (Å²) >= 11 is 12.1. The standard InChI is InChI=1S/C42H39Cl2N3O6/c1-24-25(2)45-15-14-33(24)28-7-4-26(5-8-28)17-37(42(49)50-3)47-41(48)36-18-30-19-38-39(20-31(30)21-46-36)53-40(23-52-38)29-9-11-32(12-10-29)51-22-27-6-13-34(43)35(44)16-27/h4-16,19-20,36-37,40,46H,17-18,21-23H2,1-3H3,(H,47,48)/t36-,37-,40?/m0/s1. The number of nitrogens with zero attached hydrogens (tertiary/aromatic N) is 1. The number of esters is 1. The van der Waals surface area contributed by atoms with Gasteiger partial charge in [-0.15, -0.1) is 0 Å². The Bertz CT molecular complexity index is 2140. The highest BCUT2D eigenvalue weighted by molar-refractivity contribution is 6.42. The number of methoxy groups -OCH3 is 1. The summed E-state index contributed by atoms with van der Waals surface area (Å²) in [4.78, 5) is 30.7. The van der Waals surface area contributed by atoms with Crippen molar-refractivity contribution < 1.29 is 28.5 Å². The minimum Gasteiger partial charge on any atom is -0.489 e. The van der Waals surface area contributed by atoms with Gasteiger partial charge in [0.2, 0.25) is 5.91 Å². The number of pyridine rings is 1. The zero-order valence-electron chi connectivity index (χ0n) is 29.6. The smallest absolute Gasteiger partial charge is 0.328 e. The normalized spacial score (nSPS) is 16.6. The lowest BCUT2D eigenvalue weighted by Crippen LogP contribution is -2.53. The number of benzene rings is 4. The third-order valence-corrected chi connectivity index (χ3v) is 10.5. The van der Waals surface area contributed by atoms with Crippen molar-refractivity contribution in [2.24, 2.45) is 0 Å². The minimum absolute atomic E-state index is 0.273. The summed E-state index contributed by atoms with van der Waals surface area (Å²) in [6.45, 7) is 5.20. The van der Waals surface area contributed by atoms with E-state index in [-0.39, 0.29) is 12.0 Å². The van der Waals surface area contributed by atoms with Crippen molar-refractivity contribution in [3.63, 3.8) is 0 Å². The van der Waals surface area contributed by atoms with Crippen molar-refractivity contribution in [2.45, 2.75) is 58.0 Å². The zero-order valence-corrected chi connectivity index (χ0v) is 31.1. The fourth-order valence-electron chi connectivity index (χ4n) is 6.62. The molecule has 0 saturated carbocycles. The molecule has 2 aliphatic heterocycles. The van der Waals surface area contributed by atoms with Gasteiger partial charge in [-0.1, -0.05) is 65.7 Å². The first kappa shape index (κ1) is 36.3. The summed E-state index contributed by atoms with van der Waals surface area (Å²) in [7, 11) is 1.33.